The van der Waals surface area contributed by atoms with Crippen LogP contribution in [-0.2, 0) is 0 Å². The van der Waals surface area contributed by atoms with E-state index in [2.05, 4.69) is 35.6 Å². The first-order chi connectivity index (χ1) is 10.3. The van der Waals surface area contributed by atoms with Gasteiger partial charge in [-0.3, -0.25) is 0 Å². The normalized spacial score (nSPS) is 15.5. The lowest BCUT2D eigenvalue weighted by atomic mass is 9.98. The summed E-state index contributed by atoms with van der Waals surface area (Å²) in [6, 6.07) is 16.6. The summed E-state index contributed by atoms with van der Waals surface area (Å²) in [6.45, 7) is 0. The van der Waals surface area contributed by atoms with E-state index in [-0.39, 0.29) is 6.04 Å². The minimum Gasteiger partial charge on any atom is -0.497 e. The standard InChI is InChI=1S/C18H21NO2/c1-19-18(13-5-3-7-16(11-13)20-2)14-6-4-8-17(12-14)21-15-9-10-15/h3-8,11-12,15,18-19H,9-10H2,1-2H3. The van der Waals surface area contributed by atoms with Gasteiger partial charge in [0.1, 0.15) is 11.5 Å². The molecule has 1 saturated carbocycles. The lowest BCUT2D eigenvalue weighted by Gasteiger charge is -2.19. The second kappa shape index (κ2) is 6.19. The van der Waals surface area contributed by atoms with Gasteiger partial charge in [0.15, 0.2) is 0 Å². The predicted molar refractivity (Wildman–Crippen MR) is 84.0 cm³/mol. The SMILES string of the molecule is CNC(c1cccc(OC)c1)c1cccc(OC2CC2)c1. The number of methoxy groups -OCH3 is 1. The van der Waals surface area contributed by atoms with Crippen molar-refractivity contribution in [2.24, 2.45) is 0 Å². The fourth-order valence-electron chi connectivity index (χ4n) is 2.49. The highest BCUT2D eigenvalue weighted by atomic mass is 16.5. The molecule has 1 unspecified atom stereocenters. The molecule has 1 fully saturated rings. The monoisotopic (exact) mass is 283 g/mol. The molecule has 1 aliphatic rings. The zero-order chi connectivity index (χ0) is 14.7. The van der Waals surface area contributed by atoms with Crippen LogP contribution in [0.2, 0.25) is 0 Å². The summed E-state index contributed by atoms with van der Waals surface area (Å²) in [6.07, 6.45) is 2.77. The van der Waals surface area contributed by atoms with Gasteiger partial charge < -0.3 is 14.8 Å². The summed E-state index contributed by atoms with van der Waals surface area (Å²) in [5, 5.41) is 3.37. The number of nitrogens with one attached hydrogen (secondary N) is 1. The van der Waals surface area contributed by atoms with E-state index in [0.29, 0.717) is 6.10 Å². The second-order valence-electron chi connectivity index (χ2n) is 5.39. The van der Waals surface area contributed by atoms with Crippen LogP contribution in [0.5, 0.6) is 11.5 Å². The zero-order valence-electron chi connectivity index (χ0n) is 12.5. The molecule has 0 heterocycles. The van der Waals surface area contributed by atoms with Gasteiger partial charge in [0, 0.05) is 0 Å². The summed E-state index contributed by atoms with van der Waals surface area (Å²) >= 11 is 0. The Kier molecular flexibility index (Phi) is 4.11. The van der Waals surface area contributed by atoms with E-state index >= 15 is 0 Å². The molecule has 3 nitrogen and oxygen atoms in total. The molecule has 2 aromatic carbocycles. The van der Waals surface area contributed by atoms with Crippen molar-refractivity contribution in [2.75, 3.05) is 14.2 Å². The fourth-order valence-corrected chi connectivity index (χ4v) is 2.49. The largest absolute Gasteiger partial charge is 0.497 e. The van der Waals surface area contributed by atoms with Crippen LogP contribution in [0.3, 0.4) is 0 Å². The maximum atomic E-state index is 5.89. The van der Waals surface area contributed by atoms with Crippen LogP contribution in [0.15, 0.2) is 48.5 Å². The van der Waals surface area contributed by atoms with Gasteiger partial charge in [-0.05, 0) is 55.3 Å². The van der Waals surface area contributed by atoms with Gasteiger partial charge >= 0.3 is 0 Å². The fraction of sp³-hybridized carbons (Fsp3) is 0.333. The van der Waals surface area contributed by atoms with Crippen LogP contribution in [0.4, 0.5) is 0 Å². The lowest BCUT2D eigenvalue weighted by Crippen LogP contribution is -2.17. The number of hydrogen-bond acceptors (Lipinski definition) is 3. The molecule has 3 rings (SSSR count). The molecule has 21 heavy (non-hydrogen) atoms. The highest BCUT2D eigenvalue weighted by Crippen LogP contribution is 2.30. The first-order valence-corrected chi connectivity index (χ1v) is 7.38. The smallest absolute Gasteiger partial charge is 0.120 e. The van der Waals surface area contributed by atoms with Crippen molar-refractivity contribution in [1.82, 2.24) is 5.32 Å². The van der Waals surface area contributed by atoms with E-state index in [1.165, 1.54) is 24.0 Å². The third-order valence-corrected chi connectivity index (χ3v) is 3.73. The minimum atomic E-state index is 0.128. The van der Waals surface area contributed by atoms with E-state index in [9.17, 15) is 0 Å². The average Bonchev–Trinajstić information content (AvgIpc) is 3.33. The van der Waals surface area contributed by atoms with Crippen molar-refractivity contribution in [2.45, 2.75) is 25.0 Å². The minimum absolute atomic E-state index is 0.128. The van der Waals surface area contributed by atoms with E-state index in [4.69, 9.17) is 9.47 Å². The van der Waals surface area contributed by atoms with Crippen molar-refractivity contribution >= 4 is 0 Å². The highest BCUT2D eigenvalue weighted by molar-refractivity contribution is 5.39. The lowest BCUT2D eigenvalue weighted by molar-refractivity contribution is 0.302. The van der Waals surface area contributed by atoms with E-state index in [1.54, 1.807) is 7.11 Å². The zero-order valence-corrected chi connectivity index (χ0v) is 12.5. The molecule has 2 aromatic rings. The molecule has 0 radical (unpaired) electrons. The second-order valence-corrected chi connectivity index (χ2v) is 5.39. The molecule has 1 aliphatic carbocycles. The van der Waals surface area contributed by atoms with Gasteiger partial charge in [-0.15, -0.1) is 0 Å². The van der Waals surface area contributed by atoms with Crippen LogP contribution < -0.4 is 14.8 Å². The molecule has 1 atom stereocenters. The molecule has 0 aliphatic heterocycles. The van der Waals surface area contributed by atoms with Crippen molar-refractivity contribution in [1.29, 1.82) is 0 Å². The van der Waals surface area contributed by atoms with Gasteiger partial charge in [0.05, 0.1) is 19.3 Å². The van der Waals surface area contributed by atoms with Crippen molar-refractivity contribution in [3.8, 4) is 11.5 Å². The Morgan fingerprint density at radius 2 is 1.62 bits per heavy atom. The van der Waals surface area contributed by atoms with Crippen LogP contribution >= 0.6 is 0 Å². The Morgan fingerprint density at radius 1 is 1.00 bits per heavy atom. The van der Waals surface area contributed by atoms with E-state index < -0.39 is 0 Å². The van der Waals surface area contributed by atoms with Gasteiger partial charge in [0.2, 0.25) is 0 Å². The van der Waals surface area contributed by atoms with Crippen molar-refractivity contribution < 1.29 is 9.47 Å². The Hall–Kier alpha value is -2.00. The molecule has 0 bridgehead atoms. The van der Waals surface area contributed by atoms with Crippen LogP contribution in [0.25, 0.3) is 0 Å². The van der Waals surface area contributed by atoms with Gasteiger partial charge in [0.25, 0.3) is 0 Å². The van der Waals surface area contributed by atoms with Gasteiger partial charge in [-0.25, -0.2) is 0 Å². The Bertz CT molecular complexity index is 608. The number of benzene rings is 2. The summed E-state index contributed by atoms with van der Waals surface area (Å²) in [7, 11) is 3.66. The number of ether oxygens (including phenoxy) is 2. The Labute approximate surface area is 125 Å². The maximum Gasteiger partial charge on any atom is 0.120 e. The summed E-state index contributed by atoms with van der Waals surface area (Å²) in [5.74, 6) is 1.83. The van der Waals surface area contributed by atoms with Crippen LogP contribution in [0.1, 0.15) is 30.0 Å². The topological polar surface area (TPSA) is 30.5 Å². The van der Waals surface area contributed by atoms with E-state index in [1.807, 2.05) is 25.2 Å². The Morgan fingerprint density at radius 3 is 2.19 bits per heavy atom. The number of rotatable bonds is 6. The van der Waals surface area contributed by atoms with Crippen LogP contribution in [-0.4, -0.2) is 20.3 Å². The molecule has 110 valence electrons. The average molecular weight is 283 g/mol. The number of hydrogen-bond donors (Lipinski definition) is 1. The van der Waals surface area contributed by atoms with Crippen molar-refractivity contribution in [3.63, 3.8) is 0 Å². The first-order valence-electron chi connectivity index (χ1n) is 7.38. The summed E-state index contributed by atoms with van der Waals surface area (Å²) in [5.41, 5.74) is 2.38. The molecular weight excluding hydrogens is 262 g/mol. The Balaban J connectivity index is 1.87. The van der Waals surface area contributed by atoms with Gasteiger partial charge in [-0.1, -0.05) is 24.3 Å². The van der Waals surface area contributed by atoms with Crippen molar-refractivity contribution in [3.05, 3.63) is 59.7 Å². The first kappa shape index (κ1) is 14.0. The third-order valence-electron chi connectivity index (χ3n) is 3.73. The maximum absolute atomic E-state index is 5.89. The highest BCUT2D eigenvalue weighted by Gasteiger charge is 2.23. The summed E-state index contributed by atoms with van der Waals surface area (Å²) in [4.78, 5) is 0. The van der Waals surface area contributed by atoms with Crippen LogP contribution in [0, 0.1) is 0 Å². The predicted octanol–water partition coefficient (Wildman–Crippen LogP) is 3.55. The van der Waals surface area contributed by atoms with E-state index in [0.717, 1.165) is 11.5 Å². The molecular formula is C18H21NO2. The molecule has 1 N–H and O–H groups in total. The molecule has 0 aromatic heterocycles. The quantitative estimate of drug-likeness (QED) is 0.879. The molecule has 0 spiro atoms. The third kappa shape index (κ3) is 3.37. The van der Waals surface area contributed by atoms with Gasteiger partial charge in [-0.2, -0.15) is 0 Å². The summed E-state index contributed by atoms with van der Waals surface area (Å²) < 4.78 is 11.2. The molecule has 0 amide bonds. The molecule has 0 saturated heterocycles. The molecule has 3 heteroatoms.